The summed E-state index contributed by atoms with van der Waals surface area (Å²) in [6, 6.07) is 9.84. The highest BCUT2D eigenvalue weighted by molar-refractivity contribution is 8.14. The van der Waals surface area contributed by atoms with E-state index in [0.717, 1.165) is 16.7 Å². The van der Waals surface area contributed by atoms with Crippen molar-refractivity contribution in [3.05, 3.63) is 30.3 Å². The van der Waals surface area contributed by atoms with Gasteiger partial charge in [0.15, 0.2) is 5.17 Å². The monoisotopic (exact) mass is 250 g/mol. The van der Waals surface area contributed by atoms with Gasteiger partial charge in [0.25, 0.3) is 0 Å². The molecule has 4 heteroatoms. The minimum atomic E-state index is 0.170. The van der Waals surface area contributed by atoms with Gasteiger partial charge in [-0.05, 0) is 26.0 Å². The number of benzene rings is 1. The van der Waals surface area contributed by atoms with Crippen LogP contribution in [-0.4, -0.2) is 29.6 Å². The maximum atomic E-state index is 5.57. The lowest BCUT2D eigenvalue weighted by molar-refractivity contribution is 0.328. The van der Waals surface area contributed by atoms with Gasteiger partial charge in [0.2, 0.25) is 0 Å². The molecular formula is C13H18N2OS. The first-order chi connectivity index (χ1) is 8.16. The Morgan fingerprint density at radius 1 is 1.35 bits per heavy atom. The van der Waals surface area contributed by atoms with E-state index >= 15 is 0 Å². The molecule has 1 aliphatic heterocycles. The van der Waals surface area contributed by atoms with Crippen LogP contribution in [0.2, 0.25) is 0 Å². The van der Waals surface area contributed by atoms with E-state index in [4.69, 9.17) is 4.74 Å². The molecule has 0 bridgehead atoms. The third kappa shape index (κ3) is 3.97. The van der Waals surface area contributed by atoms with E-state index in [9.17, 15) is 0 Å². The molecule has 0 aliphatic carbocycles. The Balaban J connectivity index is 1.72. The Bertz CT molecular complexity index is 390. The SMILES string of the molecule is CC1(C)CSC(=NCCOc2ccccc2)N1. The second-order valence-electron chi connectivity index (χ2n) is 4.65. The molecule has 0 aromatic heterocycles. The molecule has 0 unspecified atom stereocenters. The van der Waals surface area contributed by atoms with E-state index in [0.29, 0.717) is 13.2 Å². The highest BCUT2D eigenvalue weighted by Crippen LogP contribution is 2.21. The zero-order chi connectivity index (χ0) is 12.1. The standard InChI is InChI=1S/C13H18N2OS/c1-13(2)10-17-12(15-13)14-8-9-16-11-6-4-3-5-7-11/h3-7H,8-10H2,1-2H3,(H,14,15). The fourth-order valence-electron chi connectivity index (χ4n) is 1.52. The summed E-state index contributed by atoms with van der Waals surface area (Å²) in [5.41, 5.74) is 0.170. The van der Waals surface area contributed by atoms with Crippen LogP contribution in [0.5, 0.6) is 5.75 Å². The summed E-state index contributed by atoms with van der Waals surface area (Å²) in [6.45, 7) is 5.68. The first-order valence-electron chi connectivity index (χ1n) is 5.79. The number of thioether (sulfide) groups is 1. The van der Waals surface area contributed by atoms with Crippen LogP contribution in [0.4, 0.5) is 0 Å². The minimum absolute atomic E-state index is 0.170. The zero-order valence-corrected chi connectivity index (χ0v) is 11.1. The molecule has 0 atom stereocenters. The van der Waals surface area contributed by atoms with Gasteiger partial charge < -0.3 is 10.1 Å². The predicted octanol–water partition coefficient (Wildman–Crippen LogP) is 2.54. The predicted molar refractivity (Wildman–Crippen MR) is 73.9 cm³/mol. The lowest BCUT2D eigenvalue weighted by Crippen LogP contribution is -2.37. The average molecular weight is 250 g/mol. The lowest BCUT2D eigenvalue weighted by Gasteiger charge is -2.15. The number of para-hydroxylation sites is 1. The van der Waals surface area contributed by atoms with Gasteiger partial charge in [0.05, 0.1) is 6.54 Å². The molecule has 92 valence electrons. The first kappa shape index (κ1) is 12.3. The topological polar surface area (TPSA) is 33.6 Å². The van der Waals surface area contributed by atoms with Crippen molar-refractivity contribution >= 4 is 16.9 Å². The Hall–Kier alpha value is -1.16. The molecule has 1 aromatic carbocycles. The second-order valence-corrected chi connectivity index (χ2v) is 5.61. The molecule has 2 rings (SSSR count). The summed E-state index contributed by atoms with van der Waals surface area (Å²) in [5, 5.41) is 4.42. The van der Waals surface area contributed by atoms with Crippen LogP contribution < -0.4 is 10.1 Å². The van der Waals surface area contributed by atoms with Crippen molar-refractivity contribution in [2.45, 2.75) is 19.4 Å². The van der Waals surface area contributed by atoms with Crippen molar-refractivity contribution < 1.29 is 4.74 Å². The second kappa shape index (κ2) is 5.45. The molecule has 1 N–H and O–H groups in total. The number of rotatable bonds is 4. The van der Waals surface area contributed by atoms with Crippen LogP contribution in [0.1, 0.15) is 13.8 Å². The van der Waals surface area contributed by atoms with E-state index in [1.807, 2.05) is 30.3 Å². The molecule has 1 saturated heterocycles. The molecule has 1 aromatic rings. The van der Waals surface area contributed by atoms with Gasteiger partial charge in [-0.15, -0.1) is 0 Å². The van der Waals surface area contributed by atoms with E-state index in [2.05, 4.69) is 24.2 Å². The molecular weight excluding hydrogens is 232 g/mol. The van der Waals surface area contributed by atoms with Crippen LogP contribution in [0.3, 0.4) is 0 Å². The fraction of sp³-hybridized carbons (Fsp3) is 0.462. The summed E-state index contributed by atoms with van der Waals surface area (Å²) in [5.74, 6) is 1.98. The van der Waals surface area contributed by atoms with Gasteiger partial charge in [-0.2, -0.15) is 0 Å². The highest BCUT2D eigenvalue weighted by atomic mass is 32.2. The van der Waals surface area contributed by atoms with Gasteiger partial charge >= 0.3 is 0 Å². The highest BCUT2D eigenvalue weighted by Gasteiger charge is 2.26. The van der Waals surface area contributed by atoms with Crippen molar-refractivity contribution in [1.29, 1.82) is 0 Å². The van der Waals surface area contributed by atoms with E-state index in [1.165, 1.54) is 0 Å². The van der Waals surface area contributed by atoms with Crippen molar-refractivity contribution in [2.24, 2.45) is 4.99 Å². The normalized spacial score (nSPS) is 20.2. The number of nitrogens with zero attached hydrogens (tertiary/aromatic N) is 1. The molecule has 0 saturated carbocycles. The van der Waals surface area contributed by atoms with Crippen LogP contribution in [0.25, 0.3) is 0 Å². The largest absolute Gasteiger partial charge is 0.492 e. The van der Waals surface area contributed by atoms with E-state index < -0.39 is 0 Å². The molecule has 0 spiro atoms. The quantitative estimate of drug-likeness (QED) is 0.834. The van der Waals surface area contributed by atoms with Crippen molar-refractivity contribution in [3.63, 3.8) is 0 Å². The fourth-order valence-corrected chi connectivity index (χ4v) is 2.62. The molecule has 17 heavy (non-hydrogen) atoms. The van der Waals surface area contributed by atoms with Crippen molar-refractivity contribution in [3.8, 4) is 5.75 Å². The zero-order valence-electron chi connectivity index (χ0n) is 10.3. The third-order valence-electron chi connectivity index (χ3n) is 2.37. The van der Waals surface area contributed by atoms with Crippen LogP contribution >= 0.6 is 11.8 Å². The molecule has 1 aliphatic rings. The summed E-state index contributed by atoms with van der Waals surface area (Å²) >= 11 is 1.78. The number of nitrogens with one attached hydrogen (secondary N) is 1. The summed E-state index contributed by atoms with van der Waals surface area (Å²) in [4.78, 5) is 4.48. The molecule has 1 heterocycles. The van der Waals surface area contributed by atoms with Crippen molar-refractivity contribution in [2.75, 3.05) is 18.9 Å². The lowest BCUT2D eigenvalue weighted by atomic mass is 10.1. The van der Waals surface area contributed by atoms with Gasteiger partial charge in [0.1, 0.15) is 12.4 Å². The van der Waals surface area contributed by atoms with E-state index in [-0.39, 0.29) is 5.54 Å². The number of hydrogen-bond donors (Lipinski definition) is 1. The number of amidine groups is 1. The third-order valence-corrected chi connectivity index (χ3v) is 3.74. The Morgan fingerprint density at radius 3 is 2.76 bits per heavy atom. The van der Waals surface area contributed by atoms with Gasteiger partial charge in [-0.25, -0.2) is 0 Å². The van der Waals surface area contributed by atoms with Gasteiger partial charge in [-0.3, -0.25) is 4.99 Å². The average Bonchev–Trinajstić information content (AvgIpc) is 2.66. The number of aliphatic imine (C=N–C) groups is 1. The molecule has 1 fully saturated rings. The molecule has 3 nitrogen and oxygen atoms in total. The summed E-state index contributed by atoms with van der Waals surface area (Å²) in [6.07, 6.45) is 0. The van der Waals surface area contributed by atoms with E-state index in [1.54, 1.807) is 11.8 Å². The van der Waals surface area contributed by atoms with Gasteiger partial charge in [0, 0.05) is 11.3 Å². The van der Waals surface area contributed by atoms with Crippen molar-refractivity contribution in [1.82, 2.24) is 5.32 Å². The van der Waals surface area contributed by atoms with Crippen LogP contribution in [0.15, 0.2) is 35.3 Å². The number of ether oxygens (including phenoxy) is 1. The Kier molecular flexibility index (Phi) is 3.94. The summed E-state index contributed by atoms with van der Waals surface area (Å²) < 4.78 is 5.57. The maximum absolute atomic E-state index is 5.57. The van der Waals surface area contributed by atoms with Crippen LogP contribution in [-0.2, 0) is 0 Å². The Morgan fingerprint density at radius 2 is 2.12 bits per heavy atom. The molecule has 0 radical (unpaired) electrons. The summed E-state index contributed by atoms with van der Waals surface area (Å²) in [7, 11) is 0. The first-order valence-corrected chi connectivity index (χ1v) is 6.78. The smallest absolute Gasteiger partial charge is 0.157 e. The maximum Gasteiger partial charge on any atom is 0.157 e. The van der Waals surface area contributed by atoms with Gasteiger partial charge in [-0.1, -0.05) is 30.0 Å². The van der Waals surface area contributed by atoms with Crippen LogP contribution in [0, 0.1) is 0 Å². The molecule has 0 amide bonds. The number of hydrogen-bond acceptors (Lipinski definition) is 3. The Labute approximate surface area is 107 Å². The minimum Gasteiger partial charge on any atom is -0.492 e.